The highest BCUT2D eigenvalue weighted by molar-refractivity contribution is 5.26. The number of hydrogen-bond acceptors (Lipinski definition) is 3. The van der Waals surface area contributed by atoms with Gasteiger partial charge in [0.2, 0.25) is 0 Å². The fraction of sp³-hybridized carbons (Fsp3) is 0.500. The topological polar surface area (TPSA) is 41.5 Å². The summed E-state index contributed by atoms with van der Waals surface area (Å²) in [5.41, 5.74) is -0.876. The van der Waals surface area contributed by atoms with Gasteiger partial charge in [-0.2, -0.15) is 13.2 Å². The third kappa shape index (κ3) is 5.14. The van der Waals surface area contributed by atoms with Crippen LogP contribution in [0.3, 0.4) is 0 Å². The molecule has 0 aliphatic rings. The van der Waals surface area contributed by atoms with E-state index in [1.807, 2.05) is 0 Å². The normalized spacial score (nSPS) is 13.6. The van der Waals surface area contributed by atoms with Gasteiger partial charge in [-0.1, -0.05) is 0 Å². The molecule has 0 aliphatic carbocycles. The van der Waals surface area contributed by atoms with Gasteiger partial charge in [-0.15, -0.1) is 0 Å². The highest BCUT2D eigenvalue weighted by Crippen LogP contribution is 2.30. The zero-order chi connectivity index (χ0) is 14.5. The van der Waals surface area contributed by atoms with E-state index in [9.17, 15) is 17.6 Å². The lowest BCUT2D eigenvalue weighted by Crippen LogP contribution is -2.36. The van der Waals surface area contributed by atoms with E-state index in [2.05, 4.69) is 5.32 Å². The molecule has 1 rings (SSSR count). The standard InChI is InChI=1S/C12H15F4NO2/c1-19-7-11(6-18)17-5-8-2-9(12(14,15)16)4-10(13)3-8/h2-4,11,17-18H,5-7H2,1H3. The molecule has 108 valence electrons. The van der Waals surface area contributed by atoms with Crippen LogP contribution in [-0.2, 0) is 17.5 Å². The minimum absolute atomic E-state index is 0.00935. The molecule has 2 N–H and O–H groups in total. The van der Waals surface area contributed by atoms with Crippen molar-refractivity contribution in [3.8, 4) is 0 Å². The Labute approximate surface area is 108 Å². The molecule has 0 aromatic heterocycles. The lowest BCUT2D eigenvalue weighted by atomic mass is 10.1. The lowest BCUT2D eigenvalue weighted by molar-refractivity contribution is -0.137. The van der Waals surface area contributed by atoms with Gasteiger partial charge in [0, 0.05) is 13.7 Å². The number of alkyl halides is 3. The van der Waals surface area contributed by atoms with Gasteiger partial charge in [0.1, 0.15) is 5.82 Å². The summed E-state index contributed by atoms with van der Waals surface area (Å²) in [5.74, 6) is -0.945. The second kappa shape index (κ2) is 6.83. The predicted molar refractivity (Wildman–Crippen MR) is 61.0 cm³/mol. The van der Waals surface area contributed by atoms with E-state index in [0.29, 0.717) is 6.07 Å². The summed E-state index contributed by atoms with van der Waals surface area (Å²) in [6, 6.07) is 1.92. The Hall–Kier alpha value is -1.18. The Morgan fingerprint density at radius 3 is 2.53 bits per heavy atom. The van der Waals surface area contributed by atoms with Crippen molar-refractivity contribution in [2.45, 2.75) is 18.8 Å². The minimum atomic E-state index is -4.58. The molecule has 7 heteroatoms. The minimum Gasteiger partial charge on any atom is -0.395 e. The van der Waals surface area contributed by atoms with Crippen LogP contribution in [0.5, 0.6) is 0 Å². The summed E-state index contributed by atoms with van der Waals surface area (Å²) < 4.78 is 55.4. The van der Waals surface area contributed by atoms with E-state index in [1.54, 1.807) is 0 Å². The van der Waals surface area contributed by atoms with Gasteiger partial charge in [-0.05, 0) is 23.8 Å². The van der Waals surface area contributed by atoms with Gasteiger partial charge < -0.3 is 15.2 Å². The predicted octanol–water partition coefficient (Wildman–Crippen LogP) is 1.94. The van der Waals surface area contributed by atoms with Crippen molar-refractivity contribution < 1.29 is 27.4 Å². The largest absolute Gasteiger partial charge is 0.416 e. The van der Waals surface area contributed by atoms with E-state index in [0.717, 1.165) is 12.1 Å². The molecule has 0 bridgehead atoms. The highest BCUT2D eigenvalue weighted by Gasteiger charge is 2.31. The first-order valence-corrected chi connectivity index (χ1v) is 5.56. The lowest BCUT2D eigenvalue weighted by Gasteiger charge is -2.16. The first-order valence-electron chi connectivity index (χ1n) is 5.56. The summed E-state index contributed by atoms with van der Waals surface area (Å²) in [5, 5.41) is 11.8. The molecule has 1 unspecified atom stereocenters. The number of aliphatic hydroxyl groups excluding tert-OH is 1. The number of hydrogen-bond donors (Lipinski definition) is 2. The molecule has 0 spiro atoms. The van der Waals surface area contributed by atoms with E-state index in [1.165, 1.54) is 7.11 Å². The van der Waals surface area contributed by atoms with Crippen LogP contribution >= 0.6 is 0 Å². The van der Waals surface area contributed by atoms with Gasteiger partial charge in [0.05, 0.1) is 24.8 Å². The van der Waals surface area contributed by atoms with E-state index in [-0.39, 0.29) is 25.3 Å². The number of methoxy groups -OCH3 is 1. The number of benzene rings is 1. The molecule has 3 nitrogen and oxygen atoms in total. The first-order chi connectivity index (χ1) is 8.86. The Morgan fingerprint density at radius 2 is 2.00 bits per heavy atom. The van der Waals surface area contributed by atoms with Gasteiger partial charge in [0.25, 0.3) is 0 Å². The molecular weight excluding hydrogens is 266 g/mol. The second-order valence-electron chi connectivity index (χ2n) is 4.06. The van der Waals surface area contributed by atoms with Crippen LogP contribution in [0.25, 0.3) is 0 Å². The third-order valence-corrected chi connectivity index (χ3v) is 2.47. The van der Waals surface area contributed by atoms with Gasteiger partial charge in [0.15, 0.2) is 0 Å². The van der Waals surface area contributed by atoms with Crippen LogP contribution in [0.4, 0.5) is 17.6 Å². The molecule has 0 saturated heterocycles. The van der Waals surface area contributed by atoms with Crippen molar-refractivity contribution in [2.75, 3.05) is 20.3 Å². The van der Waals surface area contributed by atoms with Crippen LogP contribution in [0.15, 0.2) is 18.2 Å². The van der Waals surface area contributed by atoms with E-state index >= 15 is 0 Å². The quantitative estimate of drug-likeness (QED) is 0.783. The summed E-state index contributed by atoms with van der Waals surface area (Å²) in [7, 11) is 1.44. The summed E-state index contributed by atoms with van der Waals surface area (Å²) in [4.78, 5) is 0. The maximum atomic E-state index is 13.1. The molecule has 0 saturated carbocycles. The molecule has 0 aliphatic heterocycles. The second-order valence-corrected chi connectivity index (χ2v) is 4.06. The molecule has 1 atom stereocenters. The average Bonchev–Trinajstić information content (AvgIpc) is 2.32. The molecule has 0 heterocycles. The first kappa shape index (κ1) is 15.9. The average molecular weight is 281 g/mol. The SMILES string of the molecule is COCC(CO)NCc1cc(F)cc(C(F)(F)F)c1. The van der Waals surface area contributed by atoms with Crippen molar-refractivity contribution in [1.82, 2.24) is 5.32 Å². The molecule has 1 aromatic carbocycles. The third-order valence-electron chi connectivity index (χ3n) is 2.47. The van der Waals surface area contributed by atoms with Crippen molar-refractivity contribution in [3.63, 3.8) is 0 Å². The monoisotopic (exact) mass is 281 g/mol. The molecular formula is C12H15F4NO2. The van der Waals surface area contributed by atoms with Crippen LogP contribution in [0.2, 0.25) is 0 Å². The Morgan fingerprint density at radius 1 is 1.32 bits per heavy atom. The number of aliphatic hydroxyl groups is 1. The van der Waals surface area contributed by atoms with Crippen molar-refractivity contribution in [3.05, 3.63) is 35.1 Å². The Bertz CT molecular complexity index is 409. The number of ether oxygens (including phenoxy) is 1. The van der Waals surface area contributed by atoms with Crippen LogP contribution in [0, 0.1) is 5.82 Å². The Kier molecular flexibility index (Phi) is 5.71. The smallest absolute Gasteiger partial charge is 0.395 e. The fourth-order valence-corrected chi connectivity index (χ4v) is 1.56. The number of halogens is 4. The molecule has 0 radical (unpaired) electrons. The maximum absolute atomic E-state index is 13.1. The molecule has 19 heavy (non-hydrogen) atoms. The van der Waals surface area contributed by atoms with Crippen molar-refractivity contribution in [2.24, 2.45) is 0 Å². The maximum Gasteiger partial charge on any atom is 0.416 e. The zero-order valence-corrected chi connectivity index (χ0v) is 10.3. The fourth-order valence-electron chi connectivity index (χ4n) is 1.56. The summed E-state index contributed by atoms with van der Waals surface area (Å²) >= 11 is 0. The van der Waals surface area contributed by atoms with E-state index < -0.39 is 23.6 Å². The Balaban J connectivity index is 2.76. The molecule has 0 amide bonds. The number of nitrogens with one attached hydrogen (secondary N) is 1. The van der Waals surface area contributed by atoms with Crippen LogP contribution < -0.4 is 5.32 Å². The van der Waals surface area contributed by atoms with Crippen molar-refractivity contribution >= 4 is 0 Å². The zero-order valence-electron chi connectivity index (χ0n) is 10.3. The van der Waals surface area contributed by atoms with E-state index in [4.69, 9.17) is 9.84 Å². The summed E-state index contributed by atoms with van der Waals surface area (Å²) in [6.07, 6.45) is -4.58. The van der Waals surface area contributed by atoms with Crippen molar-refractivity contribution in [1.29, 1.82) is 0 Å². The van der Waals surface area contributed by atoms with Crippen LogP contribution in [-0.4, -0.2) is 31.5 Å². The van der Waals surface area contributed by atoms with Gasteiger partial charge in [-0.25, -0.2) is 4.39 Å². The summed E-state index contributed by atoms with van der Waals surface area (Å²) in [6.45, 7) is -0.0113. The number of rotatable bonds is 6. The van der Waals surface area contributed by atoms with Crippen LogP contribution in [0.1, 0.15) is 11.1 Å². The molecule has 0 fully saturated rings. The molecule has 1 aromatic rings. The van der Waals surface area contributed by atoms with Gasteiger partial charge >= 0.3 is 6.18 Å². The van der Waals surface area contributed by atoms with Gasteiger partial charge in [-0.3, -0.25) is 0 Å². The highest BCUT2D eigenvalue weighted by atomic mass is 19.4.